The topological polar surface area (TPSA) is 30.5 Å². The lowest BCUT2D eigenvalue weighted by molar-refractivity contribution is 0.280. The summed E-state index contributed by atoms with van der Waals surface area (Å²) in [5.41, 5.74) is 2.27. The highest BCUT2D eigenvalue weighted by molar-refractivity contribution is 5.46. The fraction of sp³-hybridized carbons (Fsp3) is 0.368. The van der Waals surface area contributed by atoms with Crippen LogP contribution >= 0.6 is 0 Å². The second-order valence-corrected chi connectivity index (χ2v) is 5.41. The molecule has 0 aromatic heterocycles. The van der Waals surface area contributed by atoms with Crippen LogP contribution in [0.2, 0.25) is 0 Å². The summed E-state index contributed by atoms with van der Waals surface area (Å²) in [7, 11) is 1.68. The van der Waals surface area contributed by atoms with E-state index in [1.807, 2.05) is 30.3 Å². The Bertz CT molecular complexity index is 569. The molecule has 3 heteroatoms. The average Bonchev–Trinajstić information content (AvgIpc) is 2.58. The summed E-state index contributed by atoms with van der Waals surface area (Å²) in [6, 6.07) is 16.7. The fourth-order valence-electron chi connectivity index (χ4n) is 2.18. The van der Waals surface area contributed by atoms with Gasteiger partial charge in [-0.05, 0) is 25.0 Å². The predicted octanol–water partition coefficient (Wildman–Crippen LogP) is 4.16. The molecule has 0 spiro atoms. The minimum atomic E-state index is 0.480. The maximum Gasteiger partial charge on any atom is 0.166 e. The maximum absolute atomic E-state index is 6.05. The van der Waals surface area contributed by atoms with Crippen molar-refractivity contribution in [2.24, 2.45) is 0 Å². The number of benzene rings is 2. The van der Waals surface area contributed by atoms with Crippen molar-refractivity contribution in [1.82, 2.24) is 5.32 Å². The molecule has 1 atom stereocenters. The highest BCUT2D eigenvalue weighted by Crippen LogP contribution is 2.31. The van der Waals surface area contributed by atoms with Crippen molar-refractivity contribution in [1.29, 1.82) is 0 Å². The molecule has 0 amide bonds. The van der Waals surface area contributed by atoms with Crippen molar-refractivity contribution < 1.29 is 9.47 Å². The molecular weight excluding hydrogens is 274 g/mol. The molecule has 2 aromatic rings. The third-order valence-electron chi connectivity index (χ3n) is 3.76. The first-order chi connectivity index (χ1) is 10.7. The van der Waals surface area contributed by atoms with Crippen LogP contribution < -0.4 is 14.8 Å². The molecule has 0 saturated heterocycles. The lowest BCUT2D eigenvalue weighted by Gasteiger charge is -2.17. The van der Waals surface area contributed by atoms with Gasteiger partial charge < -0.3 is 14.8 Å². The SMILES string of the molecule is CCC(C)NCc1cccc(OC)c1OCc1ccccc1. The third-order valence-corrected chi connectivity index (χ3v) is 3.76. The van der Waals surface area contributed by atoms with Gasteiger partial charge >= 0.3 is 0 Å². The van der Waals surface area contributed by atoms with Crippen molar-refractivity contribution in [2.75, 3.05) is 7.11 Å². The van der Waals surface area contributed by atoms with Gasteiger partial charge in [-0.3, -0.25) is 0 Å². The van der Waals surface area contributed by atoms with Crippen molar-refractivity contribution in [3.63, 3.8) is 0 Å². The van der Waals surface area contributed by atoms with E-state index in [0.717, 1.165) is 35.6 Å². The van der Waals surface area contributed by atoms with E-state index in [2.05, 4.69) is 37.4 Å². The Morgan fingerprint density at radius 2 is 1.82 bits per heavy atom. The van der Waals surface area contributed by atoms with Gasteiger partial charge in [0.15, 0.2) is 11.5 Å². The van der Waals surface area contributed by atoms with Gasteiger partial charge in [-0.25, -0.2) is 0 Å². The largest absolute Gasteiger partial charge is 0.493 e. The molecule has 0 bridgehead atoms. The van der Waals surface area contributed by atoms with Crippen LogP contribution in [0.25, 0.3) is 0 Å². The Morgan fingerprint density at radius 1 is 1.05 bits per heavy atom. The Labute approximate surface area is 133 Å². The molecule has 3 nitrogen and oxygen atoms in total. The summed E-state index contributed by atoms with van der Waals surface area (Å²) in [6.07, 6.45) is 1.10. The Balaban J connectivity index is 2.12. The molecule has 2 aromatic carbocycles. The number of hydrogen-bond donors (Lipinski definition) is 1. The molecule has 2 rings (SSSR count). The summed E-state index contributed by atoms with van der Waals surface area (Å²) in [6.45, 7) is 5.68. The van der Waals surface area contributed by atoms with E-state index in [4.69, 9.17) is 9.47 Å². The standard InChI is InChI=1S/C19H25NO2/c1-4-15(2)20-13-17-11-8-12-18(21-3)19(17)22-14-16-9-6-5-7-10-16/h5-12,15,20H,4,13-14H2,1-3H3. The van der Waals surface area contributed by atoms with Crippen LogP contribution in [-0.4, -0.2) is 13.2 Å². The molecule has 1 N–H and O–H groups in total. The fourth-order valence-corrected chi connectivity index (χ4v) is 2.18. The van der Waals surface area contributed by atoms with E-state index in [9.17, 15) is 0 Å². The monoisotopic (exact) mass is 299 g/mol. The highest BCUT2D eigenvalue weighted by Gasteiger charge is 2.11. The summed E-state index contributed by atoms with van der Waals surface area (Å²) < 4.78 is 11.5. The van der Waals surface area contributed by atoms with Crippen LogP contribution in [0.5, 0.6) is 11.5 Å². The Kier molecular flexibility index (Phi) is 6.28. The molecule has 0 saturated carbocycles. The van der Waals surface area contributed by atoms with Crippen LogP contribution in [0.3, 0.4) is 0 Å². The number of methoxy groups -OCH3 is 1. The zero-order valence-electron chi connectivity index (χ0n) is 13.6. The lowest BCUT2D eigenvalue weighted by atomic mass is 10.1. The van der Waals surface area contributed by atoms with Crippen LogP contribution in [0.4, 0.5) is 0 Å². The van der Waals surface area contributed by atoms with Gasteiger partial charge in [0.1, 0.15) is 6.61 Å². The third kappa shape index (κ3) is 4.50. The van der Waals surface area contributed by atoms with E-state index in [1.165, 1.54) is 0 Å². The normalized spacial score (nSPS) is 12.0. The molecule has 0 radical (unpaired) electrons. The predicted molar refractivity (Wildman–Crippen MR) is 90.4 cm³/mol. The zero-order valence-corrected chi connectivity index (χ0v) is 13.6. The first kappa shape index (κ1) is 16.4. The zero-order chi connectivity index (χ0) is 15.8. The molecule has 0 aliphatic carbocycles. The van der Waals surface area contributed by atoms with Crippen molar-refractivity contribution in [2.45, 2.75) is 39.5 Å². The minimum Gasteiger partial charge on any atom is -0.493 e. The summed E-state index contributed by atoms with van der Waals surface area (Å²) in [5, 5.41) is 3.50. The van der Waals surface area contributed by atoms with Crippen molar-refractivity contribution >= 4 is 0 Å². The molecule has 0 fully saturated rings. The van der Waals surface area contributed by atoms with Crippen LogP contribution in [0.1, 0.15) is 31.4 Å². The van der Waals surface area contributed by atoms with Crippen LogP contribution in [0.15, 0.2) is 48.5 Å². The van der Waals surface area contributed by atoms with Crippen LogP contribution in [0, 0.1) is 0 Å². The van der Waals surface area contributed by atoms with Gasteiger partial charge in [0.2, 0.25) is 0 Å². The van der Waals surface area contributed by atoms with Gasteiger partial charge in [0, 0.05) is 18.2 Å². The van der Waals surface area contributed by atoms with Gasteiger partial charge in [-0.1, -0.05) is 49.4 Å². The molecule has 22 heavy (non-hydrogen) atoms. The molecule has 1 unspecified atom stereocenters. The minimum absolute atomic E-state index is 0.480. The summed E-state index contributed by atoms with van der Waals surface area (Å²) >= 11 is 0. The number of hydrogen-bond acceptors (Lipinski definition) is 3. The molecule has 0 aliphatic rings. The average molecular weight is 299 g/mol. The smallest absolute Gasteiger partial charge is 0.166 e. The second-order valence-electron chi connectivity index (χ2n) is 5.41. The van der Waals surface area contributed by atoms with E-state index in [-0.39, 0.29) is 0 Å². The molecule has 118 valence electrons. The quantitative estimate of drug-likeness (QED) is 0.794. The maximum atomic E-state index is 6.05. The number of para-hydroxylation sites is 1. The van der Waals surface area contributed by atoms with E-state index in [1.54, 1.807) is 7.11 Å². The molecule has 0 aliphatic heterocycles. The molecular formula is C19H25NO2. The van der Waals surface area contributed by atoms with Gasteiger partial charge in [0.05, 0.1) is 7.11 Å². The highest BCUT2D eigenvalue weighted by atomic mass is 16.5. The van der Waals surface area contributed by atoms with E-state index in [0.29, 0.717) is 12.6 Å². The van der Waals surface area contributed by atoms with E-state index >= 15 is 0 Å². The van der Waals surface area contributed by atoms with Crippen LogP contribution in [-0.2, 0) is 13.2 Å². The van der Waals surface area contributed by atoms with Crippen molar-refractivity contribution in [3.8, 4) is 11.5 Å². The Morgan fingerprint density at radius 3 is 2.50 bits per heavy atom. The van der Waals surface area contributed by atoms with Gasteiger partial charge in [-0.2, -0.15) is 0 Å². The first-order valence-corrected chi connectivity index (χ1v) is 7.80. The lowest BCUT2D eigenvalue weighted by Crippen LogP contribution is -2.24. The number of rotatable bonds is 8. The summed E-state index contributed by atoms with van der Waals surface area (Å²) in [4.78, 5) is 0. The number of ether oxygens (including phenoxy) is 2. The molecule has 0 heterocycles. The van der Waals surface area contributed by atoms with Crippen molar-refractivity contribution in [3.05, 3.63) is 59.7 Å². The van der Waals surface area contributed by atoms with Gasteiger partial charge in [-0.15, -0.1) is 0 Å². The number of nitrogens with one attached hydrogen (secondary N) is 1. The van der Waals surface area contributed by atoms with Gasteiger partial charge in [0.25, 0.3) is 0 Å². The summed E-state index contributed by atoms with van der Waals surface area (Å²) in [5.74, 6) is 1.60. The second kappa shape index (κ2) is 8.44. The Hall–Kier alpha value is -2.00. The van der Waals surface area contributed by atoms with E-state index < -0.39 is 0 Å². The first-order valence-electron chi connectivity index (χ1n) is 7.80.